The molecule has 0 aliphatic carbocycles. The zero-order chi connectivity index (χ0) is 20.7. The van der Waals surface area contributed by atoms with Crippen LogP contribution < -0.4 is 0 Å². The van der Waals surface area contributed by atoms with Gasteiger partial charge in [-0.15, -0.1) is 11.3 Å². The molecule has 0 unspecified atom stereocenters. The molecule has 29 heavy (non-hydrogen) atoms. The van der Waals surface area contributed by atoms with Crippen LogP contribution in [0.2, 0.25) is 0 Å². The molecule has 0 fully saturated rings. The minimum absolute atomic E-state index is 0.246. The van der Waals surface area contributed by atoms with Crippen LogP contribution >= 0.6 is 34.0 Å². The van der Waals surface area contributed by atoms with E-state index in [0.29, 0.717) is 10.3 Å². The third kappa shape index (κ3) is 2.91. The molecule has 0 amide bonds. The zero-order valence-corrected chi connectivity index (χ0v) is 17.3. The third-order valence-electron chi connectivity index (χ3n) is 4.08. The molecule has 0 spiro atoms. The summed E-state index contributed by atoms with van der Waals surface area (Å²) in [5.41, 5.74) is 2.80. The molecule has 0 saturated heterocycles. The molecule has 3 heterocycles. The van der Waals surface area contributed by atoms with Gasteiger partial charge in [0.15, 0.2) is 0 Å². The van der Waals surface area contributed by atoms with E-state index in [0.717, 1.165) is 41.0 Å². The largest absolute Gasteiger partial charge is 0.352 e. The number of nitrogens with zero attached hydrogens (tertiary/aromatic N) is 8. The number of aromatic nitrogens is 2. The van der Waals surface area contributed by atoms with Crippen LogP contribution in [0.1, 0.15) is 11.1 Å². The van der Waals surface area contributed by atoms with Gasteiger partial charge in [-0.2, -0.15) is 9.97 Å². The minimum atomic E-state index is -0.248. The minimum Gasteiger partial charge on any atom is -0.351 e. The van der Waals surface area contributed by atoms with E-state index in [1.54, 1.807) is 12.1 Å². The van der Waals surface area contributed by atoms with Crippen LogP contribution in [0.3, 0.4) is 0 Å². The van der Waals surface area contributed by atoms with Gasteiger partial charge in [-0.25, -0.2) is 10.5 Å². The molecule has 3 aromatic heterocycles. The molecule has 0 aliphatic heterocycles. The lowest BCUT2D eigenvalue weighted by Gasteiger charge is -2.02. The van der Waals surface area contributed by atoms with Crippen molar-refractivity contribution in [3.05, 3.63) is 34.0 Å². The second kappa shape index (κ2) is 7.01. The molecule has 0 atom stereocenters. The summed E-state index contributed by atoms with van der Waals surface area (Å²) in [6.45, 7) is 17.9. The summed E-state index contributed by atoms with van der Waals surface area (Å²) >= 11 is 4.18. The third-order valence-corrected chi connectivity index (χ3v) is 7.45. The first-order valence-electron chi connectivity index (χ1n) is 7.86. The Balaban J connectivity index is 2.00. The van der Waals surface area contributed by atoms with Crippen molar-refractivity contribution in [2.45, 2.75) is 13.8 Å². The van der Waals surface area contributed by atoms with Gasteiger partial charge in [0.25, 0.3) is 0 Å². The van der Waals surface area contributed by atoms with Crippen molar-refractivity contribution < 1.29 is 0 Å². The molecule has 4 rings (SSSR count). The monoisotopic (exact) mass is 430 g/mol. The van der Waals surface area contributed by atoms with E-state index in [2.05, 4.69) is 29.6 Å². The van der Waals surface area contributed by atoms with Gasteiger partial charge in [-0.05, 0) is 25.0 Å². The average Bonchev–Trinajstić information content (AvgIpc) is 3.40. The quantitative estimate of drug-likeness (QED) is 0.231. The fourth-order valence-corrected chi connectivity index (χ4v) is 6.29. The summed E-state index contributed by atoms with van der Waals surface area (Å²) < 4.78 is 2.94. The van der Waals surface area contributed by atoms with Crippen molar-refractivity contribution in [3.63, 3.8) is 0 Å². The Labute approximate surface area is 176 Å². The number of hydrogen-bond donors (Lipinski definition) is 0. The van der Waals surface area contributed by atoms with E-state index >= 15 is 0 Å². The SMILES string of the molecule is [C-]#[N+]C(C#N)=Nc1nc2c(C)c3sc4nc(N=C(C#N)[N+]#[C-])sc4c3c(C)c2s1. The average molecular weight is 431 g/mol. The summed E-state index contributed by atoms with van der Waals surface area (Å²) in [6.07, 6.45) is 0. The summed E-state index contributed by atoms with van der Waals surface area (Å²) in [5, 5.41) is 19.6. The molecule has 0 N–H and O–H groups in total. The molecular weight excluding hydrogens is 424 g/mol. The van der Waals surface area contributed by atoms with Crippen LogP contribution in [-0.2, 0) is 0 Å². The van der Waals surface area contributed by atoms with Crippen LogP contribution in [0.15, 0.2) is 9.98 Å². The van der Waals surface area contributed by atoms with E-state index in [-0.39, 0.29) is 11.7 Å². The molecular formula is C18H6N8S3. The molecule has 1 aromatic carbocycles. The summed E-state index contributed by atoms with van der Waals surface area (Å²) in [4.78, 5) is 24.0. The summed E-state index contributed by atoms with van der Waals surface area (Å²) in [6, 6.07) is 3.50. The van der Waals surface area contributed by atoms with Gasteiger partial charge in [-0.3, -0.25) is 0 Å². The zero-order valence-electron chi connectivity index (χ0n) is 14.8. The van der Waals surface area contributed by atoms with Crippen molar-refractivity contribution >= 4 is 85.8 Å². The number of aryl methyl sites for hydroxylation is 2. The summed E-state index contributed by atoms with van der Waals surface area (Å²) in [5.74, 6) is -0.495. The molecule has 11 heteroatoms. The molecule has 136 valence electrons. The maximum absolute atomic E-state index is 8.94. The normalized spacial score (nSPS) is 12.1. The Morgan fingerprint density at radius 1 is 0.862 bits per heavy atom. The molecule has 0 aliphatic rings. The number of rotatable bonds is 2. The Morgan fingerprint density at radius 2 is 1.45 bits per heavy atom. The Morgan fingerprint density at radius 3 is 2.03 bits per heavy atom. The predicted octanol–water partition coefficient (Wildman–Crippen LogP) is 5.68. The van der Waals surface area contributed by atoms with Gasteiger partial charge in [0.05, 0.1) is 14.9 Å². The maximum Gasteiger partial charge on any atom is 0.352 e. The maximum atomic E-state index is 8.94. The number of thiophene rings is 1. The van der Waals surface area contributed by atoms with Crippen LogP contribution in [-0.4, -0.2) is 21.6 Å². The topological polar surface area (TPSA) is 107 Å². The Bertz CT molecular complexity index is 1540. The highest BCUT2D eigenvalue weighted by atomic mass is 32.1. The first-order valence-corrected chi connectivity index (χ1v) is 10.3. The number of benzene rings is 1. The molecule has 0 radical (unpaired) electrons. The van der Waals surface area contributed by atoms with Gasteiger partial charge in [0.1, 0.15) is 17.0 Å². The van der Waals surface area contributed by atoms with Crippen molar-refractivity contribution in [3.8, 4) is 12.1 Å². The van der Waals surface area contributed by atoms with Crippen molar-refractivity contribution in [1.82, 2.24) is 9.97 Å². The van der Waals surface area contributed by atoms with Crippen molar-refractivity contribution in [2.75, 3.05) is 0 Å². The van der Waals surface area contributed by atoms with E-state index in [1.807, 2.05) is 13.8 Å². The first-order chi connectivity index (χ1) is 14.0. The van der Waals surface area contributed by atoms with Crippen LogP contribution in [0, 0.1) is 49.7 Å². The highest BCUT2D eigenvalue weighted by Gasteiger charge is 2.22. The lowest BCUT2D eigenvalue weighted by Crippen LogP contribution is -1.83. The van der Waals surface area contributed by atoms with Gasteiger partial charge < -0.3 is 9.69 Å². The van der Waals surface area contributed by atoms with Crippen LogP contribution in [0.4, 0.5) is 10.3 Å². The van der Waals surface area contributed by atoms with Gasteiger partial charge in [-0.1, -0.05) is 45.8 Å². The number of thiazole rings is 2. The van der Waals surface area contributed by atoms with Crippen molar-refractivity contribution in [1.29, 1.82) is 10.5 Å². The lowest BCUT2D eigenvalue weighted by atomic mass is 10.1. The van der Waals surface area contributed by atoms with Crippen molar-refractivity contribution in [2.24, 2.45) is 9.98 Å². The number of aliphatic imine (C=N–C) groups is 2. The number of fused-ring (bicyclic) bond motifs is 4. The number of nitriles is 2. The van der Waals surface area contributed by atoms with Gasteiger partial charge in [0.2, 0.25) is 0 Å². The standard InChI is InChI=1S/C18H6N8S3/c1-7-11-13(27-16-15(11)29-18(26-16)24-10(6-20)22-4)8(2)12-14(7)28-17(25-12)23-9(5-19)21-3/h1-2H3. The van der Waals surface area contributed by atoms with Crippen LogP contribution in [0.5, 0.6) is 0 Å². The molecule has 8 nitrogen and oxygen atoms in total. The number of amidine groups is 2. The molecule has 0 bridgehead atoms. The second-order valence-corrected chi connectivity index (χ2v) is 8.63. The predicted molar refractivity (Wildman–Crippen MR) is 116 cm³/mol. The van der Waals surface area contributed by atoms with E-state index in [4.69, 9.17) is 23.7 Å². The highest BCUT2D eigenvalue weighted by Crippen LogP contribution is 2.47. The fourth-order valence-electron chi connectivity index (χ4n) is 2.84. The molecule has 4 aromatic rings. The highest BCUT2D eigenvalue weighted by molar-refractivity contribution is 7.33. The second-order valence-electron chi connectivity index (χ2n) is 5.68. The Hall–Kier alpha value is -3.74. The number of hydrogen-bond acceptors (Lipinski definition) is 9. The van der Waals surface area contributed by atoms with Crippen LogP contribution in [0.25, 0.3) is 39.5 Å². The van der Waals surface area contributed by atoms with E-state index in [1.165, 1.54) is 34.0 Å². The molecule has 0 saturated carbocycles. The Kier molecular flexibility index (Phi) is 4.50. The van der Waals surface area contributed by atoms with Gasteiger partial charge in [0, 0.05) is 10.1 Å². The lowest BCUT2D eigenvalue weighted by molar-refractivity contribution is 1.38. The van der Waals surface area contributed by atoms with Gasteiger partial charge >= 0.3 is 21.9 Å². The van der Waals surface area contributed by atoms with E-state index in [9.17, 15) is 0 Å². The summed E-state index contributed by atoms with van der Waals surface area (Å²) in [7, 11) is 0. The van der Waals surface area contributed by atoms with E-state index < -0.39 is 0 Å². The smallest absolute Gasteiger partial charge is 0.351 e. The fraction of sp³-hybridized carbons (Fsp3) is 0.111. The first kappa shape index (κ1) is 18.6.